The predicted octanol–water partition coefficient (Wildman–Crippen LogP) is 0.904. The Balaban J connectivity index is 2.10. The molecule has 2 aliphatic rings. The van der Waals surface area contributed by atoms with Crippen LogP contribution >= 0.6 is 0 Å². The minimum Gasteiger partial charge on any atom is -0.382 e. The third-order valence-electron chi connectivity index (χ3n) is 4.44. The number of benzene rings is 2. The average molecular weight is 424 g/mol. The number of carbonyl (C=O) groups excluding carboxylic acids is 1. The quantitative estimate of drug-likeness (QED) is 0.475. The van der Waals surface area contributed by atoms with Gasteiger partial charge in [-0.05, 0) is 12.1 Å². The first-order valence-electron chi connectivity index (χ1n) is 7.74. The number of rotatable bonds is 2. The van der Waals surface area contributed by atoms with E-state index in [2.05, 4.69) is 0 Å². The summed E-state index contributed by atoms with van der Waals surface area (Å²) in [6.45, 7) is 0. The van der Waals surface area contributed by atoms with Crippen molar-refractivity contribution in [3.63, 3.8) is 0 Å². The van der Waals surface area contributed by atoms with Crippen LogP contribution in [0.5, 0.6) is 0 Å². The van der Waals surface area contributed by atoms with Gasteiger partial charge in [0.25, 0.3) is 5.91 Å². The number of anilines is 2. The Morgan fingerprint density at radius 3 is 1.93 bits per heavy atom. The van der Waals surface area contributed by atoms with Gasteiger partial charge < -0.3 is 5.11 Å². The minimum atomic E-state index is -5.03. The highest BCUT2D eigenvalue weighted by Crippen LogP contribution is 2.50. The van der Waals surface area contributed by atoms with Crippen molar-refractivity contribution in [2.75, 3.05) is 8.61 Å². The van der Waals surface area contributed by atoms with Crippen LogP contribution in [0.4, 0.5) is 11.4 Å². The van der Waals surface area contributed by atoms with Crippen LogP contribution in [0.15, 0.2) is 54.2 Å². The van der Waals surface area contributed by atoms with E-state index >= 15 is 0 Å². The fourth-order valence-electron chi connectivity index (χ4n) is 3.44. The second-order valence-electron chi connectivity index (χ2n) is 6.03. The molecule has 4 rings (SSSR count). The molecule has 2 heterocycles. The van der Waals surface area contributed by atoms with Crippen molar-refractivity contribution in [2.24, 2.45) is 0 Å². The third-order valence-corrected chi connectivity index (χ3v) is 6.11. The molecule has 2 aliphatic heterocycles. The lowest BCUT2D eigenvalue weighted by molar-refractivity contribution is -0.112. The van der Waals surface area contributed by atoms with Gasteiger partial charge in [0.05, 0.1) is 22.6 Å². The Kier molecular flexibility index (Phi) is 3.89. The Morgan fingerprint density at radius 1 is 0.786 bits per heavy atom. The summed E-state index contributed by atoms with van der Waals surface area (Å²) in [6, 6.07) is 11.1. The number of fused-ring (bicyclic) bond motifs is 2. The molecule has 0 fully saturated rings. The molecular formula is C16H12N2O8S2. The standard InChI is InChI=1S/C16H12N2O8S2/c19-15-10-6-2-4-8-12(10)17(27(21,22)23)14(15)13-9-5-1-3-7-11(9)18(16(13)20)28(24,25)26/h1-8,15,19H,(H,21,22,23)(H,24,25,26)/b14-13-. The molecule has 0 saturated heterocycles. The molecule has 12 heteroatoms. The normalized spacial score (nSPS) is 21.8. The number of aliphatic hydroxyl groups excluding tert-OH is 1. The van der Waals surface area contributed by atoms with Crippen molar-refractivity contribution in [3.8, 4) is 0 Å². The van der Waals surface area contributed by atoms with Gasteiger partial charge in [0.1, 0.15) is 6.10 Å². The van der Waals surface area contributed by atoms with E-state index in [9.17, 15) is 35.8 Å². The van der Waals surface area contributed by atoms with Gasteiger partial charge in [0, 0.05) is 11.1 Å². The van der Waals surface area contributed by atoms with Gasteiger partial charge >= 0.3 is 20.6 Å². The lowest BCUT2D eigenvalue weighted by atomic mass is 10.0. The van der Waals surface area contributed by atoms with Crippen LogP contribution in [0.1, 0.15) is 17.2 Å². The van der Waals surface area contributed by atoms with E-state index in [0.717, 1.165) is 0 Å². The van der Waals surface area contributed by atoms with E-state index in [1.165, 1.54) is 48.5 Å². The van der Waals surface area contributed by atoms with Gasteiger partial charge in [-0.3, -0.25) is 13.9 Å². The second kappa shape index (κ2) is 5.86. The molecule has 2 aromatic carbocycles. The summed E-state index contributed by atoms with van der Waals surface area (Å²) in [4.78, 5) is 12.9. The molecule has 0 spiro atoms. The third kappa shape index (κ3) is 2.54. The van der Waals surface area contributed by atoms with Gasteiger partial charge in [0.2, 0.25) is 0 Å². The Labute approximate surface area is 159 Å². The Bertz CT molecular complexity index is 1270. The fourth-order valence-corrected chi connectivity index (χ4v) is 5.01. The highest BCUT2D eigenvalue weighted by atomic mass is 32.2. The Hall–Kier alpha value is -2.77. The van der Waals surface area contributed by atoms with Crippen molar-refractivity contribution in [3.05, 3.63) is 65.4 Å². The van der Waals surface area contributed by atoms with Gasteiger partial charge in [-0.2, -0.15) is 21.1 Å². The second-order valence-corrected chi connectivity index (χ2v) is 8.55. The number of carbonyl (C=O) groups is 1. The molecule has 3 N–H and O–H groups in total. The first-order chi connectivity index (χ1) is 13.0. The molecule has 1 atom stereocenters. The van der Waals surface area contributed by atoms with Gasteiger partial charge in [-0.25, -0.2) is 4.31 Å². The van der Waals surface area contributed by atoms with Crippen molar-refractivity contribution < 1.29 is 35.8 Å². The zero-order chi connectivity index (χ0) is 20.4. The lowest BCUT2D eigenvalue weighted by Gasteiger charge is -2.20. The number of hydrogen-bond donors (Lipinski definition) is 3. The maximum Gasteiger partial charge on any atom is 0.366 e. The summed E-state index contributed by atoms with van der Waals surface area (Å²) in [7, 11) is -10.0. The van der Waals surface area contributed by atoms with E-state index in [0.29, 0.717) is 4.31 Å². The molecule has 0 bridgehead atoms. The van der Waals surface area contributed by atoms with Crippen LogP contribution in [0.2, 0.25) is 0 Å². The molecule has 1 unspecified atom stereocenters. The first kappa shape index (κ1) is 18.6. The summed E-state index contributed by atoms with van der Waals surface area (Å²) in [5.74, 6) is -1.26. The number of para-hydroxylation sites is 2. The predicted molar refractivity (Wildman–Crippen MR) is 97.8 cm³/mol. The summed E-state index contributed by atoms with van der Waals surface area (Å²) in [5.41, 5.74) is -1.24. The van der Waals surface area contributed by atoms with Crippen molar-refractivity contribution >= 4 is 43.5 Å². The molecule has 10 nitrogen and oxygen atoms in total. The largest absolute Gasteiger partial charge is 0.382 e. The molecule has 0 radical (unpaired) electrons. The fraction of sp³-hybridized carbons (Fsp3) is 0.0625. The van der Waals surface area contributed by atoms with E-state index in [-0.39, 0.29) is 26.8 Å². The van der Waals surface area contributed by atoms with E-state index in [4.69, 9.17) is 0 Å². The van der Waals surface area contributed by atoms with Crippen LogP contribution in [0.3, 0.4) is 0 Å². The molecule has 2 aromatic rings. The van der Waals surface area contributed by atoms with Crippen LogP contribution < -0.4 is 8.61 Å². The molecule has 1 amide bonds. The topological polar surface area (TPSA) is 153 Å². The highest BCUT2D eigenvalue weighted by molar-refractivity contribution is 7.88. The highest BCUT2D eigenvalue weighted by Gasteiger charge is 2.48. The van der Waals surface area contributed by atoms with E-state index in [1.807, 2.05) is 0 Å². The van der Waals surface area contributed by atoms with E-state index < -0.39 is 43.9 Å². The number of aliphatic hydroxyl groups is 1. The summed E-state index contributed by atoms with van der Waals surface area (Å²) < 4.78 is 67.3. The first-order valence-corrected chi connectivity index (χ1v) is 10.5. The molecule has 0 aromatic heterocycles. The average Bonchev–Trinajstić information content (AvgIpc) is 3.05. The Morgan fingerprint density at radius 2 is 1.32 bits per heavy atom. The lowest BCUT2D eigenvalue weighted by Crippen LogP contribution is -2.35. The minimum absolute atomic E-state index is 0.0272. The smallest absolute Gasteiger partial charge is 0.366 e. The van der Waals surface area contributed by atoms with Crippen LogP contribution in [0.25, 0.3) is 5.57 Å². The summed E-state index contributed by atoms with van der Waals surface area (Å²) in [6.07, 6.45) is -1.65. The van der Waals surface area contributed by atoms with Crippen LogP contribution in [0, 0.1) is 0 Å². The van der Waals surface area contributed by atoms with Crippen molar-refractivity contribution in [1.82, 2.24) is 0 Å². The number of amides is 1. The van der Waals surface area contributed by atoms with E-state index in [1.54, 1.807) is 0 Å². The van der Waals surface area contributed by atoms with Gasteiger partial charge in [-0.1, -0.05) is 36.4 Å². The SMILES string of the molecule is O=C1/C(=C2/C(O)c3ccccc3N2S(=O)(=O)O)c2ccccc2N1S(=O)(=O)O. The summed E-state index contributed by atoms with van der Waals surface area (Å²) in [5, 5.41) is 10.7. The van der Waals surface area contributed by atoms with Gasteiger partial charge in [-0.15, -0.1) is 0 Å². The van der Waals surface area contributed by atoms with Crippen LogP contribution in [-0.2, 0) is 25.4 Å². The van der Waals surface area contributed by atoms with Crippen molar-refractivity contribution in [1.29, 1.82) is 0 Å². The zero-order valence-corrected chi connectivity index (χ0v) is 15.4. The zero-order valence-electron chi connectivity index (χ0n) is 13.8. The molecule has 28 heavy (non-hydrogen) atoms. The molecule has 0 saturated carbocycles. The molecular weight excluding hydrogens is 412 g/mol. The monoisotopic (exact) mass is 424 g/mol. The number of nitrogens with zero attached hydrogens (tertiary/aromatic N) is 2. The summed E-state index contributed by atoms with van der Waals surface area (Å²) >= 11 is 0. The molecule has 146 valence electrons. The van der Waals surface area contributed by atoms with Gasteiger partial charge in [0.15, 0.2) is 0 Å². The maximum absolute atomic E-state index is 12.9. The van der Waals surface area contributed by atoms with Crippen LogP contribution in [-0.4, -0.2) is 37.0 Å². The van der Waals surface area contributed by atoms with Crippen molar-refractivity contribution in [2.45, 2.75) is 6.10 Å². The molecule has 0 aliphatic carbocycles. The number of hydrogen-bond acceptors (Lipinski definition) is 6. The maximum atomic E-state index is 12.9.